The number of ketones is 2. The predicted molar refractivity (Wildman–Crippen MR) is 39.8 cm³/mol. The first-order valence-corrected chi connectivity index (χ1v) is 3.68. The molecule has 3 heteroatoms. The van der Waals surface area contributed by atoms with E-state index in [0.717, 1.165) is 12.8 Å². The van der Waals surface area contributed by atoms with E-state index in [0.29, 0.717) is 6.42 Å². The maximum atomic E-state index is 10.8. The van der Waals surface area contributed by atoms with Crippen LogP contribution in [0, 0.1) is 0 Å². The van der Waals surface area contributed by atoms with Crippen LogP contribution in [0.1, 0.15) is 39.5 Å². The van der Waals surface area contributed by atoms with E-state index in [1.54, 1.807) is 0 Å². The molecule has 0 aliphatic rings. The molecule has 0 saturated heterocycles. The van der Waals surface area contributed by atoms with Crippen LogP contribution in [-0.4, -0.2) is 11.6 Å². The summed E-state index contributed by atoms with van der Waals surface area (Å²) >= 11 is 0. The van der Waals surface area contributed by atoms with Gasteiger partial charge in [0.25, 0.3) is 0 Å². The van der Waals surface area contributed by atoms with Crippen molar-refractivity contribution in [1.29, 1.82) is 0 Å². The summed E-state index contributed by atoms with van der Waals surface area (Å²) < 4.78 is 0. The second-order valence-electron chi connectivity index (χ2n) is 2.52. The van der Waals surface area contributed by atoms with Crippen molar-refractivity contribution in [3.8, 4) is 0 Å². The van der Waals surface area contributed by atoms with E-state index in [-0.39, 0.29) is 35.3 Å². The zero-order chi connectivity index (χ0) is 7.98. The van der Waals surface area contributed by atoms with Gasteiger partial charge in [0.15, 0.2) is 0 Å². The van der Waals surface area contributed by atoms with Gasteiger partial charge in [0.2, 0.25) is 0 Å². The molecule has 0 amide bonds. The molecule has 2 nitrogen and oxygen atoms in total. The van der Waals surface area contributed by atoms with Gasteiger partial charge in [-0.05, 0) is 13.3 Å². The molecule has 0 atom stereocenters. The first-order chi connectivity index (χ1) is 4.66. The molecule has 0 aromatic heterocycles. The molecule has 0 aliphatic carbocycles. The minimum atomic E-state index is -0.0268. The molecular formula is C8H14CrO2. The van der Waals surface area contributed by atoms with Crippen LogP contribution in [0.15, 0.2) is 0 Å². The van der Waals surface area contributed by atoms with Crippen LogP contribution in [0.4, 0.5) is 0 Å². The molecule has 0 aliphatic heterocycles. The molecule has 0 saturated carbocycles. The Morgan fingerprint density at radius 3 is 2.18 bits per heavy atom. The van der Waals surface area contributed by atoms with Gasteiger partial charge in [0.1, 0.15) is 11.6 Å². The van der Waals surface area contributed by atoms with Gasteiger partial charge in [0.05, 0.1) is 6.42 Å². The monoisotopic (exact) mass is 194 g/mol. The fraction of sp³-hybridized carbons (Fsp3) is 0.750. The first-order valence-electron chi connectivity index (χ1n) is 3.68. The Hall–Kier alpha value is -0.128. The summed E-state index contributed by atoms with van der Waals surface area (Å²) in [6.07, 6.45) is 2.62. The fourth-order valence-electron chi connectivity index (χ4n) is 0.740. The van der Waals surface area contributed by atoms with Gasteiger partial charge in [-0.2, -0.15) is 0 Å². The summed E-state index contributed by atoms with van der Waals surface area (Å²) in [6.45, 7) is 3.48. The van der Waals surface area contributed by atoms with Gasteiger partial charge >= 0.3 is 0 Å². The SMILES string of the molecule is CCCCC(=O)CC(C)=O.[Cr]. The van der Waals surface area contributed by atoms with Crippen molar-refractivity contribution >= 4 is 11.6 Å². The van der Waals surface area contributed by atoms with Crippen LogP contribution < -0.4 is 0 Å². The molecule has 0 unspecified atom stereocenters. The van der Waals surface area contributed by atoms with E-state index in [1.165, 1.54) is 6.92 Å². The maximum absolute atomic E-state index is 10.8. The first kappa shape index (κ1) is 13.5. The van der Waals surface area contributed by atoms with E-state index in [1.807, 2.05) is 6.92 Å². The van der Waals surface area contributed by atoms with Crippen LogP contribution in [0.3, 0.4) is 0 Å². The number of carbonyl (C=O) groups excluding carboxylic acids is 2. The van der Waals surface area contributed by atoms with E-state index in [9.17, 15) is 9.59 Å². The largest absolute Gasteiger partial charge is 0.300 e. The molecule has 0 radical (unpaired) electrons. The molecule has 0 aromatic carbocycles. The Kier molecular flexibility index (Phi) is 9.76. The van der Waals surface area contributed by atoms with E-state index < -0.39 is 0 Å². The molecule has 0 heterocycles. The van der Waals surface area contributed by atoms with Crippen molar-refractivity contribution in [3.05, 3.63) is 0 Å². The Morgan fingerprint density at radius 2 is 1.82 bits per heavy atom. The van der Waals surface area contributed by atoms with E-state index in [4.69, 9.17) is 0 Å². The van der Waals surface area contributed by atoms with Gasteiger partial charge in [-0.15, -0.1) is 0 Å². The predicted octanol–water partition coefficient (Wildman–Crippen LogP) is 1.72. The number of carbonyl (C=O) groups is 2. The molecule has 0 rings (SSSR count). The summed E-state index contributed by atoms with van der Waals surface area (Å²) in [6, 6.07) is 0. The molecular weight excluding hydrogens is 180 g/mol. The Morgan fingerprint density at radius 1 is 1.27 bits per heavy atom. The van der Waals surface area contributed by atoms with Crippen LogP contribution >= 0.6 is 0 Å². The quantitative estimate of drug-likeness (QED) is 0.624. The van der Waals surface area contributed by atoms with Crippen molar-refractivity contribution in [2.75, 3.05) is 0 Å². The van der Waals surface area contributed by atoms with Crippen LogP contribution in [0.5, 0.6) is 0 Å². The van der Waals surface area contributed by atoms with Crippen LogP contribution in [-0.2, 0) is 27.0 Å². The Balaban J connectivity index is 0. The smallest absolute Gasteiger partial charge is 0.140 e. The number of rotatable bonds is 5. The second-order valence-corrected chi connectivity index (χ2v) is 2.52. The van der Waals surface area contributed by atoms with Gasteiger partial charge in [0, 0.05) is 23.8 Å². The van der Waals surface area contributed by atoms with Gasteiger partial charge < -0.3 is 0 Å². The summed E-state index contributed by atoms with van der Waals surface area (Å²) in [5.41, 5.74) is 0. The van der Waals surface area contributed by atoms with Crippen molar-refractivity contribution in [2.45, 2.75) is 39.5 Å². The summed E-state index contributed by atoms with van der Waals surface area (Å²) in [7, 11) is 0. The summed E-state index contributed by atoms with van der Waals surface area (Å²) in [4.78, 5) is 21.2. The van der Waals surface area contributed by atoms with Crippen molar-refractivity contribution in [1.82, 2.24) is 0 Å². The number of unbranched alkanes of at least 4 members (excludes halogenated alkanes) is 1. The minimum absolute atomic E-state index is 0. The average molecular weight is 194 g/mol. The molecule has 11 heavy (non-hydrogen) atoms. The maximum Gasteiger partial charge on any atom is 0.140 e. The third-order valence-corrected chi connectivity index (χ3v) is 1.26. The molecule has 0 fully saturated rings. The number of Topliss-reactive ketones (excluding diaryl/α,β-unsaturated/α-hetero) is 2. The number of hydrogen-bond donors (Lipinski definition) is 0. The van der Waals surface area contributed by atoms with E-state index in [2.05, 4.69) is 0 Å². The van der Waals surface area contributed by atoms with Crippen LogP contribution in [0.2, 0.25) is 0 Å². The van der Waals surface area contributed by atoms with Crippen LogP contribution in [0.25, 0.3) is 0 Å². The topological polar surface area (TPSA) is 34.1 Å². The Bertz CT molecular complexity index is 132. The molecule has 0 N–H and O–H groups in total. The summed E-state index contributed by atoms with van der Waals surface area (Å²) in [5.74, 6) is 0.0513. The van der Waals surface area contributed by atoms with Gasteiger partial charge in [-0.25, -0.2) is 0 Å². The standard InChI is InChI=1S/C8H14O2.Cr/c1-3-4-5-8(10)6-7(2)9;/h3-6H2,1-2H3;. The second kappa shape index (κ2) is 7.97. The molecule has 0 spiro atoms. The minimum Gasteiger partial charge on any atom is -0.300 e. The average Bonchev–Trinajstić information content (AvgIpc) is 1.82. The molecule has 64 valence electrons. The normalized spacial score (nSPS) is 8.55. The number of hydrogen-bond acceptors (Lipinski definition) is 2. The zero-order valence-corrected chi connectivity index (χ0v) is 8.33. The molecule has 0 bridgehead atoms. The fourth-order valence-corrected chi connectivity index (χ4v) is 0.740. The van der Waals surface area contributed by atoms with Gasteiger partial charge in [-0.1, -0.05) is 13.3 Å². The summed E-state index contributed by atoms with van der Waals surface area (Å²) in [5, 5.41) is 0. The van der Waals surface area contributed by atoms with Crippen molar-refractivity contribution in [2.24, 2.45) is 0 Å². The van der Waals surface area contributed by atoms with E-state index >= 15 is 0 Å². The third-order valence-electron chi connectivity index (χ3n) is 1.26. The zero-order valence-electron chi connectivity index (χ0n) is 7.05. The van der Waals surface area contributed by atoms with Crippen molar-refractivity contribution in [3.63, 3.8) is 0 Å². The van der Waals surface area contributed by atoms with Crippen molar-refractivity contribution < 1.29 is 27.0 Å². The van der Waals surface area contributed by atoms with Gasteiger partial charge in [-0.3, -0.25) is 9.59 Å². The Labute approximate surface area is 78.5 Å². The molecule has 0 aromatic rings. The third kappa shape index (κ3) is 9.87.